The van der Waals surface area contributed by atoms with Gasteiger partial charge in [-0.2, -0.15) is 5.26 Å². The lowest BCUT2D eigenvalue weighted by Gasteiger charge is -2.12. The second kappa shape index (κ2) is 6.16. The molecule has 0 aliphatic heterocycles. The molecule has 0 radical (unpaired) electrons. The van der Waals surface area contributed by atoms with E-state index in [0.29, 0.717) is 28.5 Å². The molecule has 0 aliphatic rings. The van der Waals surface area contributed by atoms with Gasteiger partial charge in [-0.1, -0.05) is 0 Å². The number of rotatable bonds is 3. The Labute approximate surface area is 133 Å². The fourth-order valence-electron chi connectivity index (χ4n) is 1.59. The predicted molar refractivity (Wildman–Crippen MR) is 84.0 cm³/mol. The van der Waals surface area contributed by atoms with Gasteiger partial charge in [0.2, 0.25) is 0 Å². The molecule has 0 fully saturated rings. The minimum Gasteiger partial charge on any atom is -0.496 e. The van der Waals surface area contributed by atoms with E-state index in [4.69, 9.17) is 20.5 Å². The zero-order valence-corrected chi connectivity index (χ0v) is 13.7. The van der Waals surface area contributed by atoms with Crippen molar-refractivity contribution in [2.24, 2.45) is 0 Å². The molecular formula is C14H10Br2N2O2. The fraction of sp³-hybridized carbons (Fsp3) is 0.0714. The smallest absolute Gasteiger partial charge is 0.145 e. The molecule has 102 valence electrons. The number of benzene rings is 2. The summed E-state index contributed by atoms with van der Waals surface area (Å²) < 4.78 is 12.4. The third kappa shape index (κ3) is 3.06. The van der Waals surface area contributed by atoms with Gasteiger partial charge in [-0.05, 0) is 62.2 Å². The number of nitrogens with zero attached hydrogens (tertiary/aromatic N) is 1. The Balaban J connectivity index is 2.41. The van der Waals surface area contributed by atoms with Crippen molar-refractivity contribution in [1.82, 2.24) is 0 Å². The first kappa shape index (κ1) is 14.7. The number of halogens is 2. The van der Waals surface area contributed by atoms with E-state index in [2.05, 4.69) is 37.9 Å². The molecule has 4 nitrogen and oxygen atoms in total. The van der Waals surface area contributed by atoms with Crippen molar-refractivity contribution in [3.05, 3.63) is 44.8 Å². The standard InChI is InChI=1S/C14H10Br2N2O2/c1-19-13-5-11(16)14(6-10(13)15)20-12-3-2-9(18)4-8(12)7-17/h2-6H,18H2,1H3. The summed E-state index contributed by atoms with van der Waals surface area (Å²) >= 11 is 6.80. The molecule has 0 aromatic heterocycles. The van der Waals surface area contributed by atoms with Gasteiger partial charge < -0.3 is 15.2 Å². The Morgan fingerprint density at radius 2 is 1.70 bits per heavy atom. The second-order valence-corrected chi connectivity index (χ2v) is 5.60. The molecule has 0 saturated carbocycles. The number of hydrogen-bond donors (Lipinski definition) is 1. The van der Waals surface area contributed by atoms with E-state index in [1.165, 1.54) is 0 Å². The first-order chi connectivity index (χ1) is 9.55. The fourth-order valence-corrected chi connectivity index (χ4v) is 2.47. The second-order valence-electron chi connectivity index (χ2n) is 3.89. The highest BCUT2D eigenvalue weighted by atomic mass is 79.9. The molecule has 0 bridgehead atoms. The van der Waals surface area contributed by atoms with Crippen molar-refractivity contribution in [1.29, 1.82) is 5.26 Å². The monoisotopic (exact) mass is 396 g/mol. The molecule has 2 aromatic rings. The van der Waals surface area contributed by atoms with Crippen LogP contribution in [0.25, 0.3) is 0 Å². The highest BCUT2D eigenvalue weighted by molar-refractivity contribution is 9.11. The molecular weight excluding hydrogens is 388 g/mol. The van der Waals surface area contributed by atoms with Crippen LogP contribution in [0.1, 0.15) is 5.56 Å². The van der Waals surface area contributed by atoms with E-state index in [1.807, 2.05) is 0 Å². The summed E-state index contributed by atoms with van der Waals surface area (Å²) in [6.07, 6.45) is 0. The van der Waals surface area contributed by atoms with Crippen molar-refractivity contribution in [3.8, 4) is 23.3 Å². The van der Waals surface area contributed by atoms with Gasteiger partial charge in [0.1, 0.15) is 23.3 Å². The zero-order valence-electron chi connectivity index (χ0n) is 10.5. The Kier molecular flexibility index (Phi) is 4.53. The van der Waals surface area contributed by atoms with Crippen molar-refractivity contribution in [2.75, 3.05) is 12.8 Å². The van der Waals surface area contributed by atoms with Crippen LogP contribution in [0.3, 0.4) is 0 Å². The van der Waals surface area contributed by atoms with Crippen LogP contribution >= 0.6 is 31.9 Å². The summed E-state index contributed by atoms with van der Waals surface area (Å²) in [5.74, 6) is 1.69. The van der Waals surface area contributed by atoms with Crippen molar-refractivity contribution >= 4 is 37.5 Å². The number of methoxy groups -OCH3 is 1. The number of anilines is 1. The van der Waals surface area contributed by atoms with Crippen LogP contribution < -0.4 is 15.2 Å². The van der Waals surface area contributed by atoms with E-state index in [-0.39, 0.29) is 0 Å². The topological polar surface area (TPSA) is 68.3 Å². The van der Waals surface area contributed by atoms with Crippen LogP contribution in [0.15, 0.2) is 39.3 Å². The lowest BCUT2D eigenvalue weighted by atomic mass is 10.2. The summed E-state index contributed by atoms with van der Waals surface area (Å²) in [6.45, 7) is 0. The summed E-state index contributed by atoms with van der Waals surface area (Å²) in [4.78, 5) is 0. The molecule has 0 saturated heterocycles. The maximum Gasteiger partial charge on any atom is 0.145 e. The molecule has 2 aromatic carbocycles. The van der Waals surface area contributed by atoms with Gasteiger partial charge in [0.15, 0.2) is 0 Å². The molecule has 0 atom stereocenters. The Morgan fingerprint density at radius 1 is 1.05 bits per heavy atom. The van der Waals surface area contributed by atoms with E-state index in [1.54, 1.807) is 37.4 Å². The summed E-state index contributed by atoms with van der Waals surface area (Å²) in [7, 11) is 1.58. The lowest BCUT2D eigenvalue weighted by Crippen LogP contribution is -1.93. The van der Waals surface area contributed by atoms with Crippen molar-refractivity contribution in [3.63, 3.8) is 0 Å². The molecule has 0 amide bonds. The first-order valence-corrected chi connectivity index (χ1v) is 7.14. The minimum absolute atomic E-state index is 0.379. The van der Waals surface area contributed by atoms with Crippen LogP contribution in [0, 0.1) is 11.3 Å². The van der Waals surface area contributed by atoms with Crippen molar-refractivity contribution < 1.29 is 9.47 Å². The molecule has 20 heavy (non-hydrogen) atoms. The molecule has 0 aliphatic carbocycles. The quantitative estimate of drug-likeness (QED) is 0.776. The normalized spacial score (nSPS) is 9.90. The Hall–Kier alpha value is -1.71. The van der Waals surface area contributed by atoms with E-state index in [0.717, 1.165) is 8.95 Å². The van der Waals surface area contributed by atoms with Crippen LogP contribution in [0.2, 0.25) is 0 Å². The van der Waals surface area contributed by atoms with E-state index in [9.17, 15) is 0 Å². The lowest BCUT2D eigenvalue weighted by molar-refractivity contribution is 0.409. The number of nitrogens with two attached hydrogens (primary N) is 1. The van der Waals surface area contributed by atoms with Gasteiger partial charge in [0.05, 0.1) is 21.6 Å². The molecule has 0 spiro atoms. The molecule has 0 heterocycles. The molecule has 2 rings (SSSR count). The highest BCUT2D eigenvalue weighted by Crippen LogP contribution is 2.38. The summed E-state index contributed by atoms with van der Waals surface area (Å²) in [5, 5.41) is 9.10. The van der Waals surface area contributed by atoms with Gasteiger partial charge in [0, 0.05) is 5.69 Å². The van der Waals surface area contributed by atoms with Gasteiger partial charge in [0.25, 0.3) is 0 Å². The molecule has 6 heteroatoms. The van der Waals surface area contributed by atoms with Gasteiger partial charge >= 0.3 is 0 Å². The van der Waals surface area contributed by atoms with Gasteiger partial charge in [-0.15, -0.1) is 0 Å². The number of ether oxygens (including phenoxy) is 2. The minimum atomic E-state index is 0.379. The third-order valence-electron chi connectivity index (χ3n) is 2.55. The summed E-state index contributed by atoms with van der Waals surface area (Å²) in [6, 6.07) is 10.5. The predicted octanol–water partition coefficient (Wildman–Crippen LogP) is 4.47. The molecule has 2 N–H and O–H groups in total. The van der Waals surface area contributed by atoms with Crippen LogP contribution in [0.4, 0.5) is 5.69 Å². The molecule has 0 unspecified atom stereocenters. The van der Waals surface area contributed by atoms with E-state index >= 15 is 0 Å². The van der Waals surface area contributed by atoms with Crippen molar-refractivity contribution in [2.45, 2.75) is 0 Å². The SMILES string of the molecule is COc1cc(Br)c(Oc2ccc(N)cc2C#N)cc1Br. The largest absolute Gasteiger partial charge is 0.496 e. The van der Waals surface area contributed by atoms with Crippen LogP contribution in [-0.4, -0.2) is 7.11 Å². The van der Waals surface area contributed by atoms with Gasteiger partial charge in [-0.3, -0.25) is 0 Å². The maximum absolute atomic E-state index is 9.10. The number of nitrogen functional groups attached to an aromatic ring is 1. The average Bonchev–Trinajstić information content (AvgIpc) is 2.44. The zero-order chi connectivity index (χ0) is 14.7. The number of hydrogen-bond acceptors (Lipinski definition) is 4. The number of nitriles is 1. The first-order valence-electron chi connectivity index (χ1n) is 5.55. The highest BCUT2D eigenvalue weighted by Gasteiger charge is 2.11. The maximum atomic E-state index is 9.10. The van der Waals surface area contributed by atoms with E-state index < -0.39 is 0 Å². The Bertz CT molecular complexity index is 696. The van der Waals surface area contributed by atoms with Crippen LogP contribution in [0.5, 0.6) is 17.2 Å². The van der Waals surface area contributed by atoms with Gasteiger partial charge in [-0.25, -0.2) is 0 Å². The summed E-state index contributed by atoms with van der Waals surface area (Å²) in [5.41, 5.74) is 6.54. The average molecular weight is 398 g/mol. The third-order valence-corrected chi connectivity index (χ3v) is 3.79. The van der Waals surface area contributed by atoms with Crippen LogP contribution in [-0.2, 0) is 0 Å². The Morgan fingerprint density at radius 3 is 2.35 bits per heavy atom.